The minimum Gasteiger partial charge on any atom is -0.368 e. The van der Waals surface area contributed by atoms with Crippen LogP contribution in [0.25, 0.3) is 11.2 Å². The first-order valence-corrected chi connectivity index (χ1v) is 5.68. The Balaban J connectivity index is 2.03. The van der Waals surface area contributed by atoms with E-state index in [-0.39, 0.29) is 11.9 Å². The number of carbonyl (C=O) groups excluding carboxylic acids is 1. The highest BCUT2D eigenvalue weighted by Gasteiger charge is 2.08. The number of rotatable bonds is 5. The normalized spacial score (nSPS) is 10.5. The number of aromatic amines is 1. The molecule has 0 radical (unpaired) electrons. The summed E-state index contributed by atoms with van der Waals surface area (Å²) in [6.45, 7) is 2.98. The molecule has 0 atom stereocenters. The van der Waals surface area contributed by atoms with Crippen LogP contribution in [0.15, 0.2) is 6.33 Å². The van der Waals surface area contributed by atoms with E-state index < -0.39 is 0 Å². The van der Waals surface area contributed by atoms with Gasteiger partial charge in [0.05, 0.1) is 6.33 Å². The molecule has 0 saturated carbocycles. The van der Waals surface area contributed by atoms with Crippen molar-refractivity contribution in [1.82, 2.24) is 25.3 Å². The van der Waals surface area contributed by atoms with Crippen LogP contribution in [0.5, 0.6) is 0 Å². The third-order valence-electron chi connectivity index (χ3n) is 2.32. The van der Waals surface area contributed by atoms with E-state index >= 15 is 0 Å². The molecule has 2 heterocycles. The van der Waals surface area contributed by atoms with E-state index in [9.17, 15) is 4.79 Å². The maximum absolute atomic E-state index is 11.3. The average Bonchev–Trinajstić information content (AvgIpc) is 2.77. The lowest BCUT2D eigenvalue weighted by Gasteiger charge is -2.06. The quantitative estimate of drug-likeness (QED) is 0.585. The first-order chi connectivity index (χ1) is 8.70. The van der Waals surface area contributed by atoms with Crippen molar-refractivity contribution in [3.63, 3.8) is 0 Å². The van der Waals surface area contributed by atoms with E-state index in [2.05, 4.69) is 30.6 Å². The van der Waals surface area contributed by atoms with Crippen LogP contribution in [0, 0.1) is 0 Å². The van der Waals surface area contributed by atoms with Crippen molar-refractivity contribution >= 4 is 28.8 Å². The fraction of sp³-hybridized carbons (Fsp3) is 0.400. The van der Waals surface area contributed by atoms with Gasteiger partial charge < -0.3 is 21.4 Å². The molecular formula is C10H15N7O. The lowest BCUT2D eigenvalue weighted by Crippen LogP contribution is -2.25. The number of nitrogens with zero attached hydrogens (tertiary/aromatic N) is 3. The number of nitrogens with two attached hydrogens (primary N) is 1. The van der Waals surface area contributed by atoms with Crippen LogP contribution in [0.2, 0.25) is 0 Å². The van der Waals surface area contributed by atoms with Crippen molar-refractivity contribution in [3.05, 3.63) is 6.33 Å². The summed E-state index contributed by atoms with van der Waals surface area (Å²) in [7, 11) is 0. The minimum absolute atomic E-state index is 0.00659. The topological polar surface area (TPSA) is 122 Å². The van der Waals surface area contributed by atoms with E-state index in [1.54, 1.807) is 0 Å². The zero-order valence-corrected chi connectivity index (χ0v) is 10.0. The highest BCUT2D eigenvalue weighted by atomic mass is 16.1. The predicted molar refractivity (Wildman–Crippen MR) is 67.9 cm³/mol. The number of aromatic nitrogens is 4. The van der Waals surface area contributed by atoms with E-state index in [0.29, 0.717) is 36.5 Å². The van der Waals surface area contributed by atoms with Crippen LogP contribution >= 0.6 is 0 Å². The summed E-state index contributed by atoms with van der Waals surface area (Å²) in [5, 5.41) is 5.76. The summed E-state index contributed by atoms with van der Waals surface area (Å²) in [4.78, 5) is 26.3. The molecule has 0 fully saturated rings. The predicted octanol–water partition coefficient (Wildman–Crippen LogP) is -0.127. The number of nitrogen functional groups attached to an aromatic ring is 1. The number of hydrogen-bond acceptors (Lipinski definition) is 6. The van der Waals surface area contributed by atoms with E-state index in [4.69, 9.17) is 5.73 Å². The monoisotopic (exact) mass is 249 g/mol. The standard InChI is InChI=1S/C10H15N7O/c1-2-12-6(18)3-4-13-8-7-9(15-5-14-7)17-10(11)16-8/h5H,2-4H2,1H3,(H,12,18)(H4,11,13,14,15,16,17). The van der Waals surface area contributed by atoms with Crippen LogP contribution in [0.1, 0.15) is 13.3 Å². The Kier molecular flexibility index (Phi) is 3.56. The smallest absolute Gasteiger partial charge is 0.224 e. The first-order valence-electron chi connectivity index (χ1n) is 5.68. The third kappa shape index (κ3) is 2.65. The largest absolute Gasteiger partial charge is 0.368 e. The van der Waals surface area contributed by atoms with Gasteiger partial charge in [0.15, 0.2) is 11.5 Å². The Morgan fingerprint density at radius 3 is 3.11 bits per heavy atom. The number of carbonyl (C=O) groups is 1. The van der Waals surface area contributed by atoms with Gasteiger partial charge in [-0.2, -0.15) is 9.97 Å². The molecule has 5 N–H and O–H groups in total. The molecule has 0 unspecified atom stereocenters. The maximum atomic E-state index is 11.3. The van der Waals surface area contributed by atoms with Crippen LogP contribution < -0.4 is 16.4 Å². The van der Waals surface area contributed by atoms with Gasteiger partial charge in [0.1, 0.15) is 5.52 Å². The Hall–Kier alpha value is -2.38. The number of hydrogen-bond donors (Lipinski definition) is 4. The zero-order valence-electron chi connectivity index (χ0n) is 10.0. The molecule has 0 saturated heterocycles. The van der Waals surface area contributed by atoms with Crippen LogP contribution in [-0.4, -0.2) is 38.9 Å². The van der Waals surface area contributed by atoms with E-state index in [0.717, 1.165) is 0 Å². The number of imidazole rings is 1. The number of nitrogens with one attached hydrogen (secondary N) is 3. The highest BCUT2D eigenvalue weighted by Crippen LogP contribution is 2.16. The van der Waals surface area contributed by atoms with Crippen LogP contribution in [-0.2, 0) is 4.79 Å². The fourth-order valence-electron chi connectivity index (χ4n) is 1.56. The fourth-order valence-corrected chi connectivity index (χ4v) is 1.56. The van der Waals surface area contributed by atoms with Gasteiger partial charge in [-0.3, -0.25) is 4.79 Å². The average molecular weight is 249 g/mol. The van der Waals surface area contributed by atoms with Crippen molar-refractivity contribution in [2.24, 2.45) is 0 Å². The van der Waals surface area contributed by atoms with Crippen molar-refractivity contribution in [1.29, 1.82) is 0 Å². The summed E-state index contributed by atoms with van der Waals surface area (Å²) in [5.74, 6) is 0.697. The van der Waals surface area contributed by atoms with Gasteiger partial charge in [0, 0.05) is 19.5 Å². The molecule has 0 aliphatic heterocycles. The Morgan fingerprint density at radius 2 is 2.33 bits per heavy atom. The molecule has 8 heteroatoms. The summed E-state index contributed by atoms with van der Waals surface area (Å²) in [6.07, 6.45) is 1.89. The first kappa shape index (κ1) is 12.1. The molecular weight excluding hydrogens is 234 g/mol. The summed E-state index contributed by atoms with van der Waals surface area (Å²) >= 11 is 0. The molecule has 2 rings (SSSR count). The third-order valence-corrected chi connectivity index (χ3v) is 2.32. The van der Waals surface area contributed by atoms with Gasteiger partial charge in [-0.25, -0.2) is 4.98 Å². The second-order valence-corrected chi connectivity index (χ2v) is 3.66. The van der Waals surface area contributed by atoms with Gasteiger partial charge >= 0.3 is 0 Å². The number of anilines is 2. The van der Waals surface area contributed by atoms with Crippen molar-refractivity contribution in [2.45, 2.75) is 13.3 Å². The molecule has 0 aromatic carbocycles. The molecule has 2 aromatic rings. The van der Waals surface area contributed by atoms with Gasteiger partial charge in [0.25, 0.3) is 0 Å². The molecule has 18 heavy (non-hydrogen) atoms. The molecule has 0 aliphatic carbocycles. The SMILES string of the molecule is CCNC(=O)CCNc1nc(N)nc2nc[nH]c12. The van der Waals surface area contributed by atoms with Gasteiger partial charge in [-0.15, -0.1) is 0 Å². The minimum atomic E-state index is -0.00659. The summed E-state index contributed by atoms with van der Waals surface area (Å²) in [6, 6.07) is 0. The molecule has 8 nitrogen and oxygen atoms in total. The summed E-state index contributed by atoms with van der Waals surface area (Å²) < 4.78 is 0. The molecule has 0 bridgehead atoms. The van der Waals surface area contributed by atoms with Crippen molar-refractivity contribution in [3.8, 4) is 0 Å². The molecule has 96 valence electrons. The van der Waals surface area contributed by atoms with E-state index in [1.165, 1.54) is 6.33 Å². The van der Waals surface area contributed by atoms with Crippen LogP contribution in [0.4, 0.5) is 11.8 Å². The van der Waals surface area contributed by atoms with Crippen molar-refractivity contribution in [2.75, 3.05) is 24.1 Å². The van der Waals surface area contributed by atoms with Gasteiger partial charge in [0.2, 0.25) is 11.9 Å². The number of amides is 1. The van der Waals surface area contributed by atoms with Crippen molar-refractivity contribution < 1.29 is 4.79 Å². The lowest BCUT2D eigenvalue weighted by atomic mass is 10.4. The Labute approximate surface area is 103 Å². The second-order valence-electron chi connectivity index (χ2n) is 3.66. The molecule has 1 amide bonds. The molecule has 0 spiro atoms. The second kappa shape index (κ2) is 5.30. The van der Waals surface area contributed by atoms with Gasteiger partial charge in [-0.1, -0.05) is 0 Å². The Bertz CT molecular complexity index is 550. The lowest BCUT2D eigenvalue weighted by molar-refractivity contribution is -0.120. The zero-order chi connectivity index (χ0) is 13.0. The van der Waals surface area contributed by atoms with E-state index in [1.807, 2.05) is 6.92 Å². The molecule has 0 aliphatic rings. The number of fused-ring (bicyclic) bond motifs is 1. The van der Waals surface area contributed by atoms with Gasteiger partial charge in [-0.05, 0) is 6.92 Å². The highest BCUT2D eigenvalue weighted by molar-refractivity contribution is 5.83. The Morgan fingerprint density at radius 1 is 1.50 bits per heavy atom. The summed E-state index contributed by atoms with van der Waals surface area (Å²) in [5.41, 5.74) is 6.75. The number of H-pyrrole nitrogens is 1. The van der Waals surface area contributed by atoms with Crippen LogP contribution in [0.3, 0.4) is 0 Å². The molecule has 2 aromatic heterocycles. The maximum Gasteiger partial charge on any atom is 0.224 e.